The highest BCUT2D eigenvalue weighted by Crippen LogP contribution is 2.23. The topological polar surface area (TPSA) is 106 Å². The summed E-state index contributed by atoms with van der Waals surface area (Å²) in [5.74, 6) is 0.532. The van der Waals surface area contributed by atoms with Gasteiger partial charge in [-0.15, -0.1) is 0 Å². The zero-order chi connectivity index (χ0) is 23.4. The lowest BCUT2D eigenvalue weighted by Gasteiger charge is -2.35. The average molecular weight is 456 g/mol. The highest BCUT2D eigenvalue weighted by molar-refractivity contribution is 7.89. The predicted octanol–water partition coefficient (Wildman–Crippen LogP) is 2.27. The van der Waals surface area contributed by atoms with E-state index in [2.05, 4.69) is 36.5 Å². The Labute approximate surface area is 189 Å². The van der Waals surface area contributed by atoms with Gasteiger partial charge in [-0.25, -0.2) is 18.1 Å². The number of nitriles is 1. The van der Waals surface area contributed by atoms with E-state index < -0.39 is 10.0 Å². The Kier molecular flexibility index (Phi) is 7.16. The molecule has 1 aliphatic rings. The number of sulfonamides is 1. The van der Waals surface area contributed by atoms with Crippen molar-refractivity contribution in [3.63, 3.8) is 0 Å². The van der Waals surface area contributed by atoms with E-state index in [-0.39, 0.29) is 29.2 Å². The van der Waals surface area contributed by atoms with Crippen LogP contribution in [0.5, 0.6) is 0 Å². The van der Waals surface area contributed by atoms with Crippen LogP contribution in [0, 0.1) is 11.3 Å². The highest BCUT2D eigenvalue weighted by Gasteiger charge is 2.24. The van der Waals surface area contributed by atoms with Crippen LogP contribution < -0.4 is 9.62 Å². The number of hydrogen-bond acceptors (Lipinski definition) is 6. The van der Waals surface area contributed by atoms with Crippen LogP contribution in [0.4, 0.5) is 5.82 Å². The SMILES string of the molecule is CC(C)(C)c1ccc(S(=O)(=O)NCCC(=O)N2CCN(c3ncccc3C#N)CC2)cc1. The summed E-state index contributed by atoms with van der Waals surface area (Å²) in [4.78, 5) is 20.7. The molecule has 1 amide bonds. The molecule has 32 heavy (non-hydrogen) atoms. The number of nitrogens with one attached hydrogen (secondary N) is 1. The van der Waals surface area contributed by atoms with E-state index in [0.717, 1.165) is 5.56 Å². The van der Waals surface area contributed by atoms with E-state index in [1.807, 2.05) is 17.0 Å². The standard InChI is InChI=1S/C23H29N5O3S/c1-23(2,3)19-6-8-20(9-7-19)32(30,31)26-12-10-21(29)27-13-15-28(16-14-27)22-18(17-24)5-4-11-25-22/h4-9,11,26H,10,12-16H2,1-3H3. The van der Waals surface area contributed by atoms with E-state index in [1.54, 1.807) is 35.4 Å². The summed E-state index contributed by atoms with van der Waals surface area (Å²) in [5.41, 5.74) is 1.51. The summed E-state index contributed by atoms with van der Waals surface area (Å²) in [7, 11) is -3.67. The molecule has 1 aromatic heterocycles. The van der Waals surface area contributed by atoms with E-state index in [4.69, 9.17) is 0 Å². The maximum absolute atomic E-state index is 12.5. The molecule has 0 atom stereocenters. The first-order valence-electron chi connectivity index (χ1n) is 10.6. The molecule has 3 rings (SSSR count). The van der Waals surface area contributed by atoms with Gasteiger partial charge >= 0.3 is 0 Å². The van der Waals surface area contributed by atoms with Gasteiger partial charge < -0.3 is 9.80 Å². The third-order valence-corrected chi connectivity index (χ3v) is 6.98. The third kappa shape index (κ3) is 5.64. The van der Waals surface area contributed by atoms with Crippen LogP contribution in [0.2, 0.25) is 0 Å². The van der Waals surface area contributed by atoms with Gasteiger partial charge in [-0.1, -0.05) is 32.9 Å². The van der Waals surface area contributed by atoms with Gasteiger partial charge in [0.05, 0.1) is 10.5 Å². The smallest absolute Gasteiger partial charge is 0.240 e. The summed E-state index contributed by atoms with van der Waals surface area (Å²) in [6, 6.07) is 12.4. The zero-order valence-electron chi connectivity index (χ0n) is 18.7. The lowest BCUT2D eigenvalue weighted by Crippen LogP contribution is -2.49. The summed E-state index contributed by atoms with van der Waals surface area (Å²) >= 11 is 0. The summed E-state index contributed by atoms with van der Waals surface area (Å²) in [5, 5.41) is 9.25. The molecule has 0 spiro atoms. The van der Waals surface area contributed by atoms with Crippen molar-refractivity contribution in [3.05, 3.63) is 53.7 Å². The first kappa shape index (κ1) is 23.7. The van der Waals surface area contributed by atoms with Gasteiger partial charge in [0.15, 0.2) is 0 Å². The number of carbonyl (C=O) groups is 1. The number of pyridine rings is 1. The summed E-state index contributed by atoms with van der Waals surface area (Å²) in [6.07, 6.45) is 1.74. The Bertz CT molecular complexity index is 1090. The Hall–Kier alpha value is -2.96. The molecule has 9 heteroatoms. The van der Waals surface area contributed by atoms with Crippen LogP contribution in [-0.4, -0.2) is 56.9 Å². The number of carbonyl (C=O) groups excluding carboxylic acids is 1. The normalized spacial score (nSPS) is 14.8. The van der Waals surface area contributed by atoms with Crippen molar-refractivity contribution >= 4 is 21.7 Å². The van der Waals surface area contributed by atoms with Crippen LogP contribution in [0.1, 0.15) is 38.3 Å². The van der Waals surface area contributed by atoms with Gasteiger partial charge in [-0.3, -0.25) is 4.79 Å². The number of aromatic nitrogens is 1. The van der Waals surface area contributed by atoms with Gasteiger partial charge in [-0.05, 0) is 35.2 Å². The average Bonchev–Trinajstić information content (AvgIpc) is 2.78. The predicted molar refractivity (Wildman–Crippen MR) is 123 cm³/mol. The molecule has 1 saturated heterocycles. The van der Waals surface area contributed by atoms with Gasteiger partial charge in [0.1, 0.15) is 11.9 Å². The molecular weight excluding hydrogens is 426 g/mol. The van der Waals surface area contributed by atoms with Gasteiger partial charge in [0, 0.05) is 45.3 Å². The lowest BCUT2D eigenvalue weighted by molar-refractivity contribution is -0.131. The van der Waals surface area contributed by atoms with Crippen molar-refractivity contribution in [2.24, 2.45) is 0 Å². The Morgan fingerprint density at radius 3 is 2.38 bits per heavy atom. The maximum Gasteiger partial charge on any atom is 0.240 e. The number of amides is 1. The Morgan fingerprint density at radius 2 is 1.78 bits per heavy atom. The van der Waals surface area contributed by atoms with E-state index in [9.17, 15) is 18.5 Å². The van der Waals surface area contributed by atoms with Crippen molar-refractivity contribution in [2.45, 2.75) is 37.5 Å². The van der Waals surface area contributed by atoms with Crippen molar-refractivity contribution in [1.82, 2.24) is 14.6 Å². The first-order valence-corrected chi connectivity index (χ1v) is 12.1. The molecule has 0 aliphatic carbocycles. The summed E-state index contributed by atoms with van der Waals surface area (Å²) in [6.45, 7) is 8.40. The second kappa shape index (κ2) is 9.67. The molecule has 0 bridgehead atoms. The molecule has 0 unspecified atom stereocenters. The fourth-order valence-corrected chi connectivity index (χ4v) is 4.60. The van der Waals surface area contributed by atoms with Crippen molar-refractivity contribution in [3.8, 4) is 6.07 Å². The number of rotatable bonds is 6. The zero-order valence-corrected chi connectivity index (χ0v) is 19.5. The van der Waals surface area contributed by atoms with Gasteiger partial charge in [0.25, 0.3) is 0 Å². The number of benzene rings is 1. The minimum Gasteiger partial charge on any atom is -0.352 e. The number of nitrogens with zero attached hydrogens (tertiary/aromatic N) is 4. The minimum atomic E-state index is -3.67. The monoisotopic (exact) mass is 455 g/mol. The molecule has 0 saturated carbocycles. The third-order valence-electron chi connectivity index (χ3n) is 5.50. The fourth-order valence-electron chi connectivity index (χ4n) is 3.57. The van der Waals surface area contributed by atoms with Crippen LogP contribution >= 0.6 is 0 Å². The number of anilines is 1. The van der Waals surface area contributed by atoms with Crippen LogP contribution in [0.25, 0.3) is 0 Å². The van der Waals surface area contributed by atoms with Crippen molar-refractivity contribution in [2.75, 3.05) is 37.6 Å². The molecule has 1 N–H and O–H groups in total. The van der Waals surface area contributed by atoms with Gasteiger partial charge in [-0.2, -0.15) is 5.26 Å². The Balaban J connectivity index is 1.49. The molecule has 1 aromatic carbocycles. The minimum absolute atomic E-state index is 0.0429. The highest BCUT2D eigenvalue weighted by atomic mass is 32.2. The molecule has 0 radical (unpaired) electrons. The van der Waals surface area contributed by atoms with Crippen molar-refractivity contribution in [1.29, 1.82) is 5.26 Å². The van der Waals surface area contributed by atoms with E-state index in [1.165, 1.54) is 0 Å². The van der Waals surface area contributed by atoms with Crippen LogP contribution in [0.15, 0.2) is 47.5 Å². The molecule has 2 heterocycles. The quantitative estimate of drug-likeness (QED) is 0.716. The first-order chi connectivity index (χ1) is 15.1. The van der Waals surface area contributed by atoms with Crippen molar-refractivity contribution < 1.29 is 13.2 Å². The van der Waals surface area contributed by atoms with E-state index >= 15 is 0 Å². The maximum atomic E-state index is 12.5. The molecule has 8 nitrogen and oxygen atoms in total. The van der Waals surface area contributed by atoms with Crippen LogP contribution in [-0.2, 0) is 20.2 Å². The van der Waals surface area contributed by atoms with E-state index in [0.29, 0.717) is 37.6 Å². The lowest BCUT2D eigenvalue weighted by atomic mass is 9.87. The van der Waals surface area contributed by atoms with Crippen LogP contribution in [0.3, 0.4) is 0 Å². The fraction of sp³-hybridized carbons (Fsp3) is 0.435. The summed E-state index contributed by atoms with van der Waals surface area (Å²) < 4.78 is 27.6. The molecular formula is C23H29N5O3S. The van der Waals surface area contributed by atoms with Gasteiger partial charge in [0.2, 0.25) is 15.9 Å². The second-order valence-corrected chi connectivity index (χ2v) is 10.5. The molecule has 2 aromatic rings. The second-order valence-electron chi connectivity index (χ2n) is 8.78. The largest absolute Gasteiger partial charge is 0.352 e. The molecule has 170 valence electrons. The number of piperazine rings is 1. The molecule has 1 fully saturated rings. The molecule has 1 aliphatic heterocycles. The Morgan fingerprint density at radius 1 is 1.12 bits per heavy atom. The number of hydrogen-bond donors (Lipinski definition) is 1.